The van der Waals surface area contributed by atoms with E-state index in [2.05, 4.69) is 32.2 Å². The molecule has 0 heterocycles. The number of allylic oxidation sites excluding steroid dienone is 4. The van der Waals surface area contributed by atoms with Gasteiger partial charge in [0, 0.05) is 41.3 Å². The minimum Gasteiger partial charge on any atom is -1.00 e. The molecule has 0 fully saturated rings. The van der Waals surface area contributed by atoms with Gasteiger partial charge in [0.1, 0.15) is 0 Å². The van der Waals surface area contributed by atoms with E-state index >= 15 is 0 Å². The predicted molar refractivity (Wildman–Crippen MR) is 68.4 cm³/mol. The van der Waals surface area contributed by atoms with Crippen molar-refractivity contribution in [3.05, 3.63) is 29.0 Å². The smallest absolute Gasteiger partial charge is 0.0493 e. The zero-order valence-electron chi connectivity index (χ0n) is 11.4. The van der Waals surface area contributed by atoms with E-state index in [1.54, 1.807) is 0 Å². The summed E-state index contributed by atoms with van der Waals surface area (Å²) in [5, 5.41) is 0. The maximum absolute atomic E-state index is 10.5. The van der Waals surface area contributed by atoms with Crippen molar-refractivity contribution in [2.24, 2.45) is 5.92 Å². The summed E-state index contributed by atoms with van der Waals surface area (Å²) in [6.45, 7) is 8.49. The molecule has 1 unspecified atom stereocenters. The van der Waals surface area contributed by atoms with Crippen LogP contribution in [0.1, 0.15) is 26.7 Å². The Balaban J connectivity index is -0.000000149. The van der Waals surface area contributed by atoms with Crippen molar-refractivity contribution in [1.82, 2.24) is 0 Å². The minimum atomic E-state index is -0.463. The Morgan fingerprint density at radius 3 is 2.17 bits per heavy atom. The summed E-state index contributed by atoms with van der Waals surface area (Å²) in [6.07, 6.45) is 5.50. The van der Waals surface area contributed by atoms with Crippen molar-refractivity contribution in [2.75, 3.05) is 0 Å². The molecule has 0 aromatic rings. The molecule has 6 heteroatoms. The molecule has 0 bridgehead atoms. The average molecular weight is 473 g/mol. The molecule has 1 radical (unpaired) electrons. The maximum Gasteiger partial charge on any atom is 0.0493 e. The van der Waals surface area contributed by atoms with Gasteiger partial charge in [-0.3, -0.25) is 0 Å². The van der Waals surface area contributed by atoms with Crippen LogP contribution in [0.25, 0.3) is 5.73 Å². The summed E-state index contributed by atoms with van der Waals surface area (Å²) < 4.78 is 0. The summed E-state index contributed by atoms with van der Waals surface area (Å²) in [7, 11) is 0.750. The third-order valence-corrected chi connectivity index (χ3v) is 2.30. The van der Waals surface area contributed by atoms with Crippen molar-refractivity contribution in [3.63, 3.8) is 0 Å². The van der Waals surface area contributed by atoms with Crippen LogP contribution in [0.4, 0.5) is 0 Å². The second kappa shape index (κ2) is 15.7. The first-order chi connectivity index (χ1) is 7.02. The van der Waals surface area contributed by atoms with E-state index in [1.165, 1.54) is 11.1 Å². The molecule has 1 rings (SSSR count). The Kier molecular flexibility index (Phi) is 23.5. The Hall–Kier alpha value is 0.617. The molecule has 0 aliphatic heterocycles. The number of carbonyl (C=O) groups excluding carboxylic acids is 1. The maximum atomic E-state index is 10.5. The zero-order valence-corrected chi connectivity index (χ0v) is 17.6. The van der Waals surface area contributed by atoms with Gasteiger partial charge in [-0.15, -0.1) is 0 Å². The Morgan fingerprint density at radius 1 is 1.44 bits per heavy atom. The van der Waals surface area contributed by atoms with Crippen LogP contribution in [0.15, 0.2) is 23.3 Å². The van der Waals surface area contributed by atoms with Crippen LogP contribution in [-0.2, 0) is 30.6 Å². The van der Waals surface area contributed by atoms with E-state index < -0.39 is 5.91 Å². The van der Waals surface area contributed by atoms with Crippen molar-refractivity contribution in [1.29, 1.82) is 0 Å². The summed E-state index contributed by atoms with van der Waals surface area (Å²) in [5.74, 6) is -0.222. The summed E-state index contributed by atoms with van der Waals surface area (Å²) >= 11 is 0. The molecule has 0 aromatic carbocycles. The zero-order chi connectivity index (χ0) is 11.8. The number of amides is 1. The second-order valence-electron chi connectivity index (χ2n) is 3.92. The molecule has 0 saturated heterocycles. The van der Waals surface area contributed by atoms with E-state index in [-0.39, 0.29) is 56.6 Å². The number of halogens is 2. The van der Waals surface area contributed by atoms with E-state index in [0.717, 1.165) is 15.9 Å². The first kappa shape index (κ1) is 27.0. The van der Waals surface area contributed by atoms with E-state index in [1.807, 2.05) is 6.92 Å². The van der Waals surface area contributed by atoms with E-state index in [4.69, 9.17) is 5.73 Å². The van der Waals surface area contributed by atoms with Gasteiger partial charge in [-0.1, -0.05) is 43.3 Å². The molecule has 1 N–H and O–H groups in total. The molecular formula is C12H21Cl2HfNOSi-3. The fourth-order valence-electron chi connectivity index (χ4n) is 1.62. The Labute approximate surface area is 145 Å². The minimum absolute atomic E-state index is 0. The first-order valence-electron chi connectivity index (χ1n) is 5.37. The largest absolute Gasteiger partial charge is 1.00 e. The number of hydrogen-bond acceptors (Lipinski definition) is 1. The van der Waals surface area contributed by atoms with Gasteiger partial charge in [0.2, 0.25) is 0 Å². The number of carbonyl (C=O) groups is 1. The standard InChI is InChI=1S/C10H15NO.C2H7Si.2ClH.Hf/c1-7-4-3-5-9(7)8(2)6-10(11)12;1-3-2;;;/h3-4,8H,5-6H2,1-2H3,(H2,11,12);3H,1-2H3;2*1H;/p-3. The Morgan fingerprint density at radius 2 is 1.89 bits per heavy atom. The SMILES string of the molecule is CC1=C(C(C)CC([NH-])=O)CC=C1.C[SiH]C.[Cl-].[Cl-].[Hf]. The van der Waals surface area contributed by atoms with Crippen LogP contribution in [0.2, 0.25) is 13.1 Å². The number of rotatable bonds is 3. The van der Waals surface area contributed by atoms with Crippen LogP contribution in [-0.4, -0.2) is 15.4 Å². The fraction of sp³-hybridized carbons (Fsp3) is 0.583. The molecule has 105 valence electrons. The van der Waals surface area contributed by atoms with Gasteiger partial charge < -0.3 is 35.3 Å². The molecule has 1 aliphatic rings. The van der Waals surface area contributed by atoms with Crippen LogP contribution < -0.4 is 24.8 Å². The molecule has 2 nitrogen and oxygen atoms in total. The number of hydrogen-bond donors (Lipinski definition) is 0. The second-order valence-corrected chi connectivity index (χ2v) is 5.08. The summed E-state index contributed by atoms with van der Waals surface area (Å²) in [4.78, 5) is 10.5. The van der Waals surface area contributed by atoms with Crippen LogP contribution in [0.3, 0.4) is 0 Å². The first-order valence-corrected chi connectivity index (χ1v) is 7.68. The van der Waals surface area contributed by atoms with Crippen molar-refractivity contribution < 1.29 is 55.5 Å². The van der Waals surface area contributed by atoms with Gasteiger partial charge in [-0.25, -0.2) is 0 Å². The van der Waals surface area contributed by atoms with Crippen LogP contribution in [0.5, 0.6) is 0 Å². The van der Waals surface area contributed by atoms with Gasteiger partial charge in [-0.05, 0) is 25.7 Å². The van der Waals surface area contributed by atoms with Crippen LogP contribution >= 0.6 is 0 Å². The molecule has 1 aliphatic carbocycles. The molecule has 0 aromatic heterocycles. The molecule has 18 heavy (non-hydrogen) atoms. The molecule has 0 saturated carbocycles. The monoisotopic (exact) mass is 473 g/mol. The van der Waals surface area contributed by atoms with Gasteiger partial charge in [0.15, 0.2) is 0 Å². The molecule has 1 atom stereocenters. The van der Waals surface area contributed by atoms with Gasteiger partial charge in [0.25, 0.3) is 0 Å². The fourth-order valence-corrected chi connectivity index (χ4v) is 1.62. The van der Waals surface area contributed by atoms with Crippen molar-refractivity contribution in [2.45, 2.75) is 39.8 Å². The van der Waals surface area contributed by atoms with Crippen LogP contribution in [0, 0.1) is 5.92 Å². The van der Waals surface area contributed by atoms with E-state index in [0.29, 0.717) is 6.42 Å². The predicted octanol–water partition coefficient (Wildman–Crippen LogP) is -2.61. The summed E-state index contributed by atoms with van der Waals surface area (Å²) in [6, 6.07) is 0. The third kappa shape index (κ3) is 11.7. The normalized spacial score (nSPS) is 13.3. The van der Waals surface area contributed by atoms with Crippen molar-refractivity contribution >= 4 is 15.4 Å². The molecule has 1 amide bonds. The number of nitrogens with one attached hydrogen (secondary N) is 1. The summed E-state index contributed by atoms with van der Waals surface area (Å²) in [5.41, 5.74) is 9.44. The average Bonchev–Trinajstić information content (AvgIpc) is 2.51. The topological polar surface area (TPSA) is 40.9 Å². The Bertz CT molecular complexity index is 283. The molecule has 0 spiro atoms. The molecular weight excluding hydrogens is 452 g/mol. The quantitative estimate of drug-likeness (QED) is 0.415. The third-order valence-electron chi connectivity index (χ3n) is 2.30. The van der Waals surface area contributed by atoms with Crippen molar-refractivity contribution in [3.8, 4) is 0 Å². The van der Waals surface area contributed by atoms with Gasteiger partial charge in [0.05, 0.1) is 0 Å². The van der Waals surface area contributed by atoms with Gasteiger partial charge >= 0.3 is 0 Å². The van der Waals surface area contributed by atoms with E-state index in [9.17, 15) is 4.79 Å². The van der Waals surface area contributed by atoms with Gasteiger partial charge in [-0.2, -0.15) is 0 Å².